The third-order valence-corrected chi connectivity index (χ3v) is 3.49. The van der Waals surface area contributed by atoms with Crippen molar-refractivity contribution in [2.45, 2.75) is 19.9 Å². The van der Waals surface area contributed by atoms with Gasteiger partial charge >= 0.3 is 0 Å². The minimum absolute atomic E-state index is 0.0162. The van der Waals surface area contributed by atoms with Crippen LogP contribution in [0.1, 0.15) is 19.9 Å². The Morgan fingerprint density at radius 2 is 2.20 bits per heavy atom. The van der Waals surface area contributed by atoms with Gasteiger partial charge in [-0.15, -0.1) is 0 Å². The van der Waals surface area contributed by atoms with Crippen LogP contribution in [0, 0.1) is 5.41 Å². The highest BCUT2D eigenvalue weighted by molar-refractivity contribution is 6.12. The molecule has 9 heteroatoms. The van der Waals surface area contributed by atoms with Crippen molar-refractivity contribution < 1.29 is 4.79 Å². The number of amides is 1. The average Bonchev–Trinajstić information content (AvgIpc) is 2.56. The van der Waals surface area contributed by atoms with Gasteiger partial charge < -0.3 is 31.7 Å². The topological polar surface area (TPSA) is 137 Å². The van der Waals surface area contributed by atoms with Crippen LogP contribution in [-0.4, -0.2) is 29.6 Å². The minimum atomic E-state index is -0.778. The second-order valence-corrected chi connectivity index (χ2v) is 5.55. The van der Waals surface area contributed by atoms with Gasteiger partial charge in [0.2, 0.25) is 0 Å². The van der Waals surface area contributed by atoms with Crippen molar-refractivity contribution in [2.75, 3.05) is 12.4 Å². The second kappa shape index (κ2) is 7.47. The van der Waals surface area contributed by atoms with Crippen LogP contribution in [0.25, 0.3) is 0 Å². The van der Waals surface area contributed by atoms with E-state index in [2.05, 4.69) is 20.9 Å². The van der Waals surface area contributed by atoms with Gasteiger partial charge in [-0.3, -0.25) is 9.59 Å². The van der Waals surface area contributed by atoms with Crippen LogP contribution in [-0.2, 0) is 4.79 Å². The summed E-state index contributed by atoms with van der Waals surface area (Å²) < 4.78 is 1.59. The largest absolute Gasteiger partial charge is 0.375 e. The SMILES string of the molecule is CNC1=CC(Nc2cccn(C(C)C)c2=O)=N/C(=C(/C=N)C(N)=O)N1. The number of nitrogens with one attached hydrogen (secondary N) is 4. The lowest BCUT2D eigenvalue weighted by Crippen LogP contribution is -2.33. The van der Waals surface area contributed by atoms with Crippen LogP contribution in [0.3, 0.4) is 0 Å². The van der Waals surface area contributed by atoms with E-state index in [0.717, 1.165) is 6.21 Å². The number of primary amides is 1. The lowest BCUT2D eigenvalue weighted by molar-refractivity contribution is -0.114. The first-order chi connectivity index (χ1) is 11.9. The number of nitrogens with zero attached hydrogens (tertiary/aromatic N) is 2. The summed E-state index contributed by atoms with van der Waals surface area (Å²) in [5.74, 6) is 0.210. The molecule has 2 rings (SSSR count). The van der Waals surface area contributed by atoms with Gasteiger partial charge in [0.05, 0.1) is 5.57 Å². The molecular formula is C16H21N7O2. The molecule has 0 aliphatic carbocycles. The fourth-order valence-corrected chi connectivity index (χ4v) is 2.21. The zero-order valence-electron chi connectivity index (χ0n) is 14.3. The Morgan fingerprint density at radius 3 is 2.76 bits per heavy atom. The number of carbonyl (C=O) groups excluding carboxylic acids is 1. The van der Waals surface area contributed by atoms with Gasteiger partial charge in [-0.2, -0.15) is 0 Å². The molecule has 1 aromatic heterocycles. The van der Waals surface area contributed by atoms with Crippen LogP contribution in [0.15, 0.2) is 51.4 Å². The molecule has 0 bridgehead atoms. The first-order valence-electron chi connectivity index (χ1n) is 7.65. The van der Waals surface area contributed by atoms with E-state index in [-0.39, 0.29) is 23.0 Å². The molecule has 25 heavy (non-hydrogen) atoms. The molecule has 6 N–H and O–H groups in total. The molecule has 0 saturated heterocycles. The number of pyridine rings is 1. The average molecular weight is 343 g/mol. The molecule has 0 fully saturated rings. The Kier molecular flexibility index (Phi) is 5.38. The Labute approximate surface area is 144 Å². The summed E-state index contributed by atoms with van der Waals surface area (Å²) in [6, 6.07) is 3.42. The normalized spacial score (nSPS) is 15.7. The van der Waals surface area contributed by atoms with E-state index < -0.39 is 5.91 Å². The minimum Gasteiger partial charge on any atom is -0.375 e. The van der Waals surface area contributed by atoms with Gasteiger partial charge in [-0.25, -0.2) is 4.99 Å². The highest BCUT2D eigenvalue weighted by Gasteiger charge is 2.17. The van der Waals surface area contributed by atoms with Gasteiger partial charge in [0.1, 0.15) is 23.2 Å². The number of nitrogens with two attached hydrogens (primary N) is 1. The Bertz CT molecular complexity index is 846. The number of carbonyl (C=O) groups is 1. The lowest BCUT2D eigenvalue weighted by Gasteiger charge is -2.19. The number of aliphatic imine (C=N–C) groups is 1. The van der Waals surface area contributed by atoms with E-state index in [0.29, 0.717) is 17.3 Å². The fraction of sp³-hybridized carbons (Fsp3) is 0.250. The molecule has 0 radical (unpaired) electrons. The first-order valence-corrected chi connectivity index (χ1v) is 7.65. The van der Waals surface area contributed by atoms with Crippen LogP contribution in [0.5, 0.6) is 0 Å². The van der Waals surface area contributed by atoms with Crippen molar-refractivity contribution in [3.63, 3.8) is 0 Å². The third kappa shape index (κ3) is 3.94. The molecule has 1 amide bonds. The molecule has 2 heterocycles. The first kappa shape index (κ1) is 18.0. The molecule has 0 saturated carbocycles. The van der Waals surface area contributed by atoms with Crippen LogP contribution < -0.4 is 27.2 Å². The number of anilines is 1. The number of aromatic nitrogens is 1. The van der Waals surface area contributed by atoms with Crippen molar-refractivity contribution >= 4 is 23.6 Å². The summed E-state index contributed by atoms with van der Waals surface area (Å²) in [7, 11) is 1.68. The van der Waals surface area contributed by atoms with Crippen molar-refractivity contribution in [1.29, 1.82) is 5.41 Å². The molecule has 132 valence electrons. The second-order valence-electron chi connectivity index (χ2n) is 5.55. The standard InChI is InChI=1S/C16H21N7O2/c1-9(2)23-6-4-5-11(16(23)25)20-13-7-12(19-3)21-15(22-13)10(8-17)14(18)24/h4-9,17,19,21H,1-3H3,(H2,18,24)(H,20,22)/b15-10-,17-8?. The molecule has 1 aliphatic rings. The van der Waals surface area contributed by atoms with Crippen LogP contribution in [0.2, 0.25) is 0 Å². The van der Waals surface area contributed by atoms with Crippen molar-refractivity contribution in [3.8, 4) is 0 Å². The van der Waals surface area contributed by atoms with E-state index in [1.165, 1.54) is 0 Å². The molecule has 1 aliphatic heterocycles. The van der Waals surface area contributed by atoms with Gasteiger partial charge in [-0.05, 0) is 26.0 Å². The lowest BCUT2D eigenvalue weighted by atomic mass is 10.2. The van der Waals surface area contributed by atoms with Crippen LogP contribution >= 0.6 is 0 Å². The molecule has 0 atom stereocenters. The Hall–Kier alpha value is -3.36. The predicted octanol–water partition coefficient (Wildman–Crippen LogP) is 0.250. The fourth-order valence-electron chi connectivity index (χ4n) is 2.21. The molecule has 0 aromatic carbocycles. The van der Waals surface area contributed by atoms with E-state index in [1.807, 2.05) is 13.8 Å². The van der Waals surface area contributed by atoms with E-state index in [1.54, 1.807) is 36.0 Å². The zero-order valence-corrected chi connectivity index (χ0v) is 14.3. The quantitative estimate of drug-likeness (QED) is 0.385. The summed E-state index contributed by atoms with van der Waals surface area (Å²) in [5.41, 5.74) is 5.35. The molecule has 9 nitrogen and oxygen atoms in total. The zero-order chi connectivity index (χ0) is 18.6. The summed E-state index contributed by atoms with van der Waals surface area (Å²) in [5, 5.41) is 16.1. The molecular weight excluding hydrogens is 322 g/mol. The summed E-state index contributed by atoms with van der Waals surface area (Å²) in [6.07, 6.45) is 4.18. The molecule has 0 spiro atoms. The summed E-state index contributed by atoms with van der Waals surface area (Å²) in [6.45, 7) is 3.83. The number of hydrogen-bond donors (Lipinski definition) is 5. The van der Waals surface area contributed by atoms with Crippen molar-refractivity contribution in [1.82, 2.24) is 15.2 Å². The number of amidine groups is 1. The van der Waals surface area contributed by atoms with Crippen molar-refractivity contribution in [2.24, 2.45) is 10.7 Å². The van der Waals surface area contributed by atoms with E-state index >= 15 is 0 Å². The maximum Gasteiger partial charge on any atom is 0.274 e. The van der Waals surface area contributed by atoms with E-state index in [4.69, 9.17) is 11.1 Å². The molecule has 1 aromatic rings. The van der Waals surface area contributed by atoms with Gasteiger partial charge in [0.25, 0.3) is 11.5 Å². The van der Waals surface area contributed by atoms with Gasteiger partial charge in [0.15, 0.2) is 0 Å². The summed E-state index contributed by atoms with van der Waals surface area (Å²) >= 11 is 0. The Balaban J connectivity index is 2.47. The molecule has 0 unspecified atom stereocenters. The van der Waals surface area contributed by atoms with Crippen molar-refractivity contribution in [3.05, 3.63) is 52.0 Å². The Morgan fingerprint density at radius 1 is 1.48 bits per heavy atom. The van der Waals surface area contributed by atoms with Gasteiger partial charge in [0, 0.05) is 31.6 Å². The maximum absolute atomic E-state index is 12.5. The third-order valence-electron chi connectivity index (χ3n) is 3.49. The highest BCUT2D eigenvalue weighted by Crippen LogP contribution is 2.11. The van der Waals surface area contributed by atoms with Gasteiger partial charge in [-0.1, -0.05) is 0 Å². The number of rotatable bonds is 5. The predicted molar refractivity (Wildman–Crippen MR) is 97.4 cm³/mol. The summed E-state index contributed by atoms with van der Waals surface area (Å²) in [4.78, 5) is 28.2. The smallest absolute Gasteiger partial charge is 0.274 e. The maximum atomic E-state index is 12.5. The van der Waals surface area contributed by atoms with E-state index in [9.17, 15) is 9.59 Å². The highest BCUT2D eigenvalue weighted by atomic mass is 16.1. The monoisotopic (exact) mass is 343 g/mol. The number of hydrogen-bond acceptors (Lipinski definition) is 7. The van der Waals surface area contributed by atoms with Crippen LogP contribution in [0.4, 0.5) is 5.69 Å².